The van der Waals surface area contributed by atoms with Gasteiger partial charge in [-0.25, -0.2) is 0 Å². The maximum atomic E-state index is 12.3. The molecular formula is C11H7ClF6OS2. The number of Topliss-reactive ketones (excluding diaryl/α,β-unsaturated/α-hetero) is 1. The Hall–Kier alpha value is -0.540. The van der Waals surface area contributed by atoms with Crippen molar-refractivity contribution in [3.05, 3.63) is 23.8 Å². The maximum Gasteiger partial charge on any atom is 0.446 e. The summed E-state index contributed by atoms with van der Waals surface area (Å²) in [5.41, 5.74) is -9.54. The quantitative estimate of drug-likeness (QED) is 0.286. The van der Waals surface area contributed by atoms with Crippen molar-refractivity contribution in [1.82, 2.24) is 0 Å². The Morgan fingerprint density at radius 2 is 1.38 bits per heavy atom. The van der Waals surface area contributed by atoms with Crippen molar-refractivity contribution >= 4 is 40.9 Å². The monoisotopic (exact) mass is 368 g/mol. The van der Waals surface area contributed by atoms with Crippen LogP contribution in [0.25, 0.3) is 0 Å². The first-order chi connectivity index (χ1) is 9.50. The highest BCUT2D eigenvalue weighted by molar-refractivity contribution is 8.01. The maximum absolute atomic E-state index is 12.3. The first-order valence-corrected chi connectivity index (χ1v) is 7.42. The number of carbonyl (C=O) groups excluding carboxylic acids is 1. The minimum atomic E-state index is -4.66. The van der Waals surface area contributed by atoms with E-state index in [0.29, 0.717) is 0 Å². The second-order valence-electron chi connectivity index (χ2n) is 3.65. The van der Waals surface area contributed by atoms with Gasteiger partial charge >= 0.3 is 11.0 Å². The smallest absolute Gasteiger partial charge is 0.294 e. The third-order valence-corrected chi connectivity index (χ3v) is 3.59. The zero-order chi connectivity index (χ0) is 16.3. The molecule has 0 saturated carbocycles. The average Bonchev–Trinajstić information content (AvgIpc) is 2.23. The lowest BCUT2D eigenvalue weighted by molar-refractivity contribution is -0.0334. The van der Waals surface area contributed by atoms with Crippen molar-refractivity contribution in [2.24, 2.45) is 0 Å². The van der Waals surface area contributed by atoms with E-state index in [1.165, 1.54) is 0 Å². The number of rotatable bonds is 5. The van der Waals surface area contributed by atoms with Gasteiger partial charge in [-0.1, -0.05) is 0 Å². The molecule has 0 amide bonds. The summed E-state index contributed by atoms with van der Waals surface area (Å²) in [6.07, 6.45) is -0.169. The summed E-state index contributed by atoms with van der Waals surface area (Å²) >= 11 is 4.20. The Kier molecular flexibility index (Phi) is 6.30. The third kappa shape index (κ3) is 7.32. The van der Waals surface area contributed by atoms with Crippen molar-refractivity contribution in [3.63, 3.8) is 0 Å². The fraction of sp³-hybridized carbons (Fsp3) is 0.364. The summed E-state index contributed by atoms with van der Waals surface area (Å²) < 4.78 is 73.9. The molecule has 10 heteroatoms. The van der Waals surface area contributed by atoms with Crippen LogP contribution in [0.2, 0.25) is 0 Å². The lowest BCUT2D eigenvalue weighted by Gasteiger charge is -2.11. The van der Waals surface area contributed by atoms with Gasteiger partial charge in [0.2, 0.25) is 0 Å². The fourth-order valence-corrected chi connectivity index (χ4v) is 2.87. The van der Waals surface area contributed by atoms with Gasteiger partial charge in [0.05, 0.1) is 0 Å². The molecule has 21 heavy (non-hydrogen) atoms. The molecule has 1 rings (SSSR count). The molecule has 0 atom stereocenters. The van der Waals surface area contributed by atoms with Crippen molar-refractivity contribution in [3.8, 4) is 0 Å². The molecule has 0 bridgehead atoms. The van der Waals surface area contributed by atoms with E-state index in [4.69, 9.17) is 11.6 Å². The lowest BCUT2D eigenvalue weighted by atomic mass is 10.1. The van der Waals surface area contributed by atoms with Crippen LogP contribution in [-0.2, 0) is 0 Å². The largest absolute Gasteiger partial charge is 0.446 e. The van der Waals surface area contributed by atoms with Crippen LogP contribution in [-0.4, -0.2) is 22.7 Å². The first kappa shape index (κ1) is 18.5. The van der Waals surface area contributed by atoms with E-state index in [1.807, 2.05) is 0 Å². The van der Waals surface area contributed by atoms with E-state index in [9.17, 15) is 31.1 Å². The minimum Gasteiger partial charge on any atom is -0.294 e. The second kappa shape index (κ2) is 7.15. The van der Waals surface area contributed by atoms with E-state index in [0.717, 1.165) is 18.2 Å². The molecule has 0 aliphatic carbocycles. The molecule has 0 aromatic heterocycles. The van der Waals surface area contributed by atoms with Crippen LogP contribution in [0.3, 0.4) is 0 Å². The standard InChI is InChI=1S/C11H7ClF6OS2/c12-2-1-9(19)6-3-7(20-10(13,14)15)5-8(4-6)21-11(16,17)18/h3-5H,1-2H2. The normalized spacial score (nSPS) is 12.5. The molecule has 0 aliphatic heterocycles. The summed E-state index contributed by atoms with van der Waals surface area (Å²) in [6.45, 7) is 0. The predicted octanol–water partition coefficient (Wildman–Crippen LogP) is 5.72. The van der Waals surface area contributed by atoms with Gasteiger partial charge in [0.15, 0.2) is 5.78 Å². The highest BCUT2D eigenvalue weighted by atomic mass is 35.5. The predicted molar refractivity (Wildman–Crippen MR) is 69.9 cm³/mol. The number of ketones is 1. The van der Waals surface area contributed by atoms with Gasteiger partial charge in [-0.2, -0.15) is 26.3 Å². The number of hydrogen-bond donors (Lipinski definition) is 0. The first-order valence-electron chi connectivity index (χ1n) is 5.26. The zero-order valence-electron chi connectivity index (χ0n) is 10.0. The van der Waals surface area contributed by atoms with Crippen molar-refractivity contribution in [2.75, 3.05) is 5.88 Å². The van der Waals surface area contributed by atoms with Crippen LogP contribution in [0.1, 0.15) is 16.8 Å². The summed E-state index contributed by atoms with van der Waals surface area (Å²) in [4.78, 5) is 10.7. The van der Waals surface area contributed by atoms with E-state index < -0.39 is 50.1 Å². The topological polar surface area (TPSA) is 17.1 Å². The SMILES string of the molecule is O=C(CCCl)c1cc(SC(F)(F)F)cc(SC(F)(F)F)c1. The van der Waals surface area contributed by atoms with E-state index in [1.54, 1.807) is 0 Å². The Labute approximate surface area is 129 Å². The molecule has 0 N–H and O–H groups in total. The summed E-state index contributed by atoms with van der Waals surface area (Å²) in [5, 5.41) is 0. The molecule has 1 aromatic carbocycles. The lowest BCUT2D eigenvalue weighted by Crippen LogP contribution is -2.05. The van der Waals surface area contributed by atoms with Crippen molar-refractivity contribution < 1.29 is 31.1 Å². The number of carbonyl (C=O) groups is 1. The number of hydrogen-bond acceptors (Lipinski definition) is 3. The van der Waals surface area contributed by atoms with E-state index >= 15 is 0 Å². The molecule has 1 aromatic rings. The molecule has 0 aliphatic rings. The number of alkyl halides is 7. The molecule has 0 heterocycles. The Morgan fingerprint density at radius 1 is 0.952 bits per heavy atom. The second-order valence-corrected chi connectivity index (χ2v) is 6.31. The number of benzene rings is 1. The Balaban J connectivity index is 3.16. The molecule has 118 valence electrons. The Bertz CT molecular complexity index is 480. The van der Waals surface area contributed by atoms with Gasteiger partial charge in [-0.15, -0.1) is 11.6 Å². The van der Waals surface area contributed by atoms with E-state index in [-0.39, 0.29) is 17.9 Å². The molecule has 0 spiro atoms. The number of thioether (sulfide) groups is 2. The van der Waals surface area contributed by atoms with E-state index in [2.05, 4.69) is 0 Å². The summed E-state index contributed by atoms with van der Waals surface area (Å²) in [6, 6.07) is 2.56. The highest BCUT2D eigenvalue weighted by Crippen LogP contribution is 2.42. The fourth-order valence-electron chi connectivity index (χ4n) is 1.35. The van der Waals surface area contributed by atoms with Gasteiger partial charge in [0.1, 0.15) is 0 Å². The summed E-state index contributed by atoms with van der Waals surface area (Å²) in [7, 11) is 0. The van der Waals surface area contributed by atoms with Crippen LogP contribution in [0, 0.1) is 0 Å². The molecular weight excluding hydrogens is 362 g/mol. The van der Waals surface area contributed by atoms with Gasteiger partial charge in [0.25, 0.3) is 0 Å². The summed E-state index contributed by atoms with van der Waals surface area (Å²) in [5.74, 6) is -0.685. The van der Waals surface area contributed by atoms with Gasteiger partial charge in [-0.3, -0.25) is 4.79 Å². The van der Waals surface area contributed by atoms with Crippen LogP contribution in [0.4, 0.5) is 26.3 Å². The molecule has 0 radical (unpaired) electrons. The van der Waals surface area contributed by atoms with Gasteiger partial charge in [0, 0.05) is 27.7 Å². The molecule has 1 nitrogen and oxygen atoms in total. The molecule has 0 saturated heterocycles. The van der Waals surface area contributed by atoms with Gasteiger partial charge in [-0.05, 0) is 41.7 Å². The zero-order valence-corrected chi connectivity index (χ0v) is 12.4. The van der Waals surface area contributed by atoms with Crippen molar-refractivity contribution in [1.29, 1.82) is 0 Å². The molecule has 0 unspecified atom stereocenters. The van der Waals surface area contributed by atoms with Crippen LogP contribution in [0.15, 0.2) is 28.0 Å². The van der Waals surface area contributed by atoms with Crippen LogP contribution < -0.4 is 0 Å². The minimum absolute atomic E-state index is 0.0722. The van der Waals surface area contributed by atoms with Gasteiger partial charge < -0.3 is 0 Å². The third-order valence-electron chi connectivity index (χ3n) is 1.99. The molecule has 0 fully saturated rings. The number of halogens is 7. The van der Waals surface area contributed by atoms with Crippen LogP contribution in [0.5, 0.6) is 0 Å². The highest BCUT2D eigenvalue weighted by Gasteiger charge is 2.32. The average molecular weight is 369 g/mol. The van der Waals surface area contributed by atoms with Crippen molar-refractivity contribution in [2.45, 2.75) is 27.2 Å². The van der Waals surface area contributed by atoms with Crippen LogP contribution >= 0.6 is 35.1 Å². The Morgan fingerprint density at radius 3 is 1.71 bits per heavy atom.